The lowest BCUT2D eigenvalue weighted by Crippen LogP contribution is -2.38. The van der Waals surface area contributed by atoms with Gasteiger partial charge in [0.1, 0.15) is 0 Å². The van der Waals surface area contributed by atoms with Crippen molar-refractivity contribution in [3.8, 4) is 0 Å². The topological polar surface area (TPSA) is 44.8 Å². The molecule has 1 saturated heterocycles. The SMILES string of the molecule is CCN(CC)CC1CCN(C(=O)CNCCOC)C1. The van der Waals surface area contributed by atoms with Crippen molar-refractivity contribution in [3.05, 3.63) is 0 Å². The second kappa shape index (κ2) is 9.28. The maximum Gasteiger partial charge on any atom is 0.236 e. The van der Waals surface area contributed by atoms with Crippen molar-refractivity contribution < 1.29 is 9.53 Å². The van der Waals surface area contributed by atoms with Crippen LogP contribution in [0.3, 0.4) is 0 Å². The minimum absolute atomic E-state index is 0.221. The van der Waals surface area contributed by atoms with Gasteiger partial charge in [0.2, 0.25) is 5.91 Å². The van der Waals surface area contributed by atoms with E-state index in [1.165, 1.54) is 0 Å². The molecule has 0 radical (unpaired) electrons. The van der Waals surface area contributed by atoms with Gasteiger partial charge in [0.05, 0.1) is 13.2 Å². The smallest absolute Gasteiger partial charge is 0.236 e. The molecule has 112 valence electrons. The Balaban J connectivity index is 2.21. The Labute approximate surface area is 117 Å². The molecule has 5 heteroatoms. The van der Waals surface area contributed by atoms with E-state index in [1.54, 1.807) is 7.11 Å². The van der Waals surface area contributed by atoms with Crippen LogP contribution in [0.4, 0.5) is 0 Å². The third-order valence-corrected chi connectivity index (χ3v) is 3.81. The predicted octanol–water partition coefficient (Wildman–Crippen LogP) is 0.413. The summed E-state index contributed by atoms with van der Waals surface area (Å²) >= 11 is 0. The van der Waals surface area contributed by atoms with E-state index in [0.717, 1.165) is 45.7 Å². The minimum Gasteiger partial charge on any atom is -0.383 e. The second-order valence-corrected chi connectivity index (χ2v) is 5.15. The molecule has 0 aromatic rings. The summed E-state index contributed by atoms with van der Waals surface area (Å²) in [6, 6.07) is 0. The lowest BCUT2D eigenvalue weighted by molar-refractivity contribution is -0.129. The van der Waals surface area contributed by atoms with Crippen molar-refractivity contribution in [1.29, 1.82) is 0 Å². The summed E-state index contributed by atoms with van der Waals surface area (Å²) < 4.78 is 4.94. The number of hydrogen-bond acceptors (Lipinski definition) is 4. The van der Waals surface area contributed by atoms with Crippen LogP contribution in [0.1, 0.15) is 20.3 Å². The number of rotatable bonds is 9. The number of nitrogens with zero attached hydrogens (tertiary/aromatic N) is 2. The molecule has 1 heterocycles. The van der Waals surface area contributed by atoms with Gasteiger partial charge in [-0.2, -0.15) is 0 Å². The van der Waals surface area contributed by atoms with Crippen LogP contribution in [-0.4, -0.2) is 75.2 Å². The van der Waals surface area contributed by atoms with Crippen molar-refractivity contribution in [2.75, 3.05) is 59.5 Å². The summed E-state index contributed by atoms with van der Waals surface area (Å²) in [4.78, 5) is 16.4. The van der Waals surface area contributed by atoms with Gasteiger partial charge in [0.25, 0.3) is 0 Å². The molecule has 0 aromatic carbocycles. The van der Waals surface area contributed by atoms with Crippen LogP contribution in [0.25, 0.3) is 0 Å². The molecule has 5 nitrogen and oxygen atoms in total. The van der Waals surface area contributed by atoms with Crippen molar-refractivity contribution in [2.24, 2.45) is 5.92 Å². The van der Waals surface area contributed by atoms with E-state index >= 15 is 0 Å². The lowest BCUT2D eigenvalue weighted by Gasteiger charge is -2.22. The maximum atomic E-state index is 12.0. The summed E-state index contributed by atoms with van der Waals surface area (Å²) in [5, 5.41) is 3.11. The van der Waals surface area contributed by atoms with E-state index in [4.69, 9.17) is 4.74 Å². The zero-order chi connectivity index (χ0) is 14.1. The minimum atomic E-state index is 0.221. The average molecular weight is 271 g/mol. The zero-order valence-corrected chi connectivity index (χ0v) is 12.7. The fourth-order valence-corrected chi connectivity index (χ4v) is 2.54. The monoisotopic (exact) mass is 271 g/mol. The second-order valence-electron chi connectivity index (χ2n) is 5.15. The molecule has 0 bridgehead atoms. The molecule has 1 amide bonds. The van der Waals surface area contributed by atoms with Crippen LogP contribution in [0.2, 0.25) is 0 Å². The number of methoxy groups -OCH3 is 1. The summed E-state index contributed by atoms with van der Waals surface area (Å²) in [5.74, 6) is 0.862. The third kappa shape index (κ3) is 5.89. The molecule has 1 unspecified atom stereocenters. The Morgan fingerprint density at radius 2 is 2.16 bits per heavy atom. The van der Waals surface area contributed by atoms with Gasteiger partial charge in [-0.3, -0.25) is 4.79 Å². The Morgan fingerprint density at radius 1 is 1.42 bits per heavy atom. The molecule has 1 aliphatic rings. The lowest BCUT2D eigenvalue weighted by atomic mass is 10.1. The molecule has 0 aromatic heterocycles. The summed E-state index contributed by atoms with van der Waals surface area (Å²) in [5.41, 5.74) is 0. The Kier molecular flexibility index (Phi) is 8.02. The standard InChI is InChI=1S/C14H29N3O2/c1-4-16(5-2)11-13-6-8-17(12-13)14(18)10-15-7-9-19-3/h13,15H,4-12H2,1-3H3. The highest BCUT2D eigenvalue weighted by atomic mass is 16.5. The van der Waals surface area contributed by atoms with Gasteiger partial charge in [-0.1, -0.05) is 13.8 Å². The third-order valence-electron chi connectivity index (χ3n) is 3.81. The Hall–Kier alpha value is -0.650. The fourth-order valence-electron chi connectivity index (χ4n) is 2.54. The maximum absolute atomic E-state index is 12.0. The number of carbonyl (C=O) groups is 1. The number of carbonyl (C=O) groups excluding carboxylic acids is 1. The molecular weight excluding hydrogens is 242 g/mol. The van der Waals surface area contributed by atoms with Crippen LogP contribution in [-0.2, 0) is 9.53 Å². The van der Waals surface area contributed by atoms with Gasteiger partial charge >= 0.3 is 0 Å². The van der Waals surface area contributed by atoms with E-state index in [-0.39, 0.29) is 5.91 Å². The molecule has 1 fully saturated rings. The van der Waals surface area contributed by atoms with Crippen LogP contribution in [0.15, 0.2) is 0 Å². The Bertz CT molecular complexity index is 257. The van der Waals surface area contributed by atoms with Gasteiger partial charge in [-0.15, -0.1) is 0 Å². The molecule has 19 heavy (non-hydrogen) atoms. The van der Waals surface area contributed by atoms with E-state index in [1.807, 2.05) is 4.90 Å². The Morgan fingerprint density at radius 3 is 2.79 bits per heavy atom. The van der Waals surface area contributed by atoms with E-state index in [2.05, 4.69) is 24.1 Å². The van der Waals surface area contributed by atoms with Crippen molar-refractivity contribution in [1.82, 2.24) is 15.1 Å². The van der Waals surface area contributed by atoms with E-state index < -0.39 is 0 Å². The fraction of sp³-hybridized carbons (Fsp3) is 0.929. The van der Waals surface area contributed by atoms with Gasteiger partial charge in [0.15, 0.2) is 0 Å². The molecule has 1 atom stereocenters. The highest BCUT2D eigenvalue weighted by molar-refractivity contribution is 5.78. The first kappa shape index (κ1) is 16.4. The largest absolute Gasteiger partial charge is 0.383 e. The highest BCUT2D eigenvalue weighted by Crippen LogP contribution is 2.17. The van der Waals surface area contributed by atoms with Crippen LogP contribution < -0.4 is 5.32 Å². The molecule has 0 saturated carbocycles. The van der Waals surface area contributed by atoms with Gasteiger partial charge in [-0.25, -0.2) is 0 Å². The van der Waals surface area contributed by atoms with Crippen LogP contribution >= 0.6 is 0 Å². The molecule has 0 aliphatic carbocycles. The molecular formula is C14H29N3O2. The van der Waals surface area contributed by atoms with Gasteiger partial charge in [-0.05, 0) is 25.4 Å². The molecule has 1 N–H and O–H groups in total. The van der Waals surface area contributed by atoms with Crippen LogP contribution in [0.5, 0.6) is 0 Å². The van der Waals surface area contributed by atoms with Gasteiger partial charge in [0, 0.05) is 33.3 Å². The van der Waals surface area contributed by atoms with Crippen molar-refractivity contribution in [3.63, 3.8) is 0 Å². The first-order valence-corrected chi connectivity index (χ1v) is 7.41. The van der Waals surface area contributed by atoms with E-state index in [9.17, 15) is 4.79 Å². The summed E-state index contributed by atoms with van der Waals surface area (Å²) in [7, 11) is 1.67. The van der Waals surface area contributed by atoms with E-state index in [0.29, 0.717) is 19.1 Å². The number of ether oxygens (including phenoxy) is 1. The number of nitrogens with one attached hydrogen (secondary N) is 1. The highest BCUT2D eigenvalue weighted by Gasteiger charge is 2.26. The number of amides is 1. The molecule has 1 aliphatic heterocycles. The normalized spacial score (nSPS) is 19.4. The summed E-state index contributed by atoms with van der Waals surface area (Å²) in [6.07, 6.45) is 1.14. The quantitative estimate of drug-likeness (QED) is 0.617. The van der Waals surface area contributed by atoms with Crippen molar-refractivity contribution >= 4 is 5.91 Å². The first-order valence-electron chi connectivity index (χ1n) is 7.41. The number of likely N-dealkylation sites (tertiary alicyclic amines) is 1. The van der Waals surface area contributed by atoms with Crippen LogP contribution in [0, 0.1) is 5.92 Å². The average Bonchev–Trinajstić information content (AvgIpc) is 2.89. The predicted molar refractivity (Wildman–Crippen MR) is 77.2 cm³/mol. The number of hydrogen-bond donors (Lipinski definition) is 1. The first-order chi connectivity index (χ1) is 9.21. The van der Waals surface area contributed by atoms with Gasteiger partial charge < -0.3 is 19.9 Å². The zero-order valence-electron chi connectivity index (χ0n) is 12.7. The summed E-state index contributed by atoms with van der Waals surface area (Å²) in [6.45, 7) is 11.4. The van der Waals surface area contributed by atoms with Crippen molar-refractivity contribution in [2.45, 2.75) is 20.3 Å². The molecule has 1 rings (SSSR count). The molecule has 0 spiro atoms.